The van der Waals surface area contributed by atoms with Crippen LogP contribution in [0.3, 0.4) is 0 Å². The fourth-order valence-corrected chi connectivity index (χ4v) is 11.7. The highest BCUT2D eigenvalue weighted by atomic mass is 14.9. The van der Waals surface area contributed by atoms with Crippen LogP contribution >= 0.6 is 0 Å². The van der Waals surface area contributed by atoms with Crippen LogP contribution in [0.1, 0.15) is 22.3 Å². The van der Waals surface area contributed by atoms with Crippen molar-refractivity contribution in [3.63, 3.8) is 0 Å². The summed E-state index contributed by atoms with van der Waals surface area (Å²) in [7, 11) is 0. The lowest BCUT2D eigenvalue weighted by molar-refractivity contribution is 0.794. The monoisotopic (exact) mass is 900 g/mol. The molecule has 0 saturated carbocycles. The van der Waals surface area contributed by atoms with E-state index in [0.717, 1.165) is 44.8 Å². The molecular formula is C69H44N2. The van der Waals surface area contributed by atoms with E-state index in [2.05, 4.69) is 261 Å². The summed E-state index contributed by atoms with van der Waals surface area (Å²) in [6.45, 7) is 0. The molecule has 1 aromatic heterocycles. The summed E-state index contributed by atoms with van der Waals surface area (Å²) in [5.41, 5.74) is 24.3. The van der Waals surface area contributed by atoms with E-state index in [1.807, 2.05) is 6.07 Å². The molecule has 2 aliphatic rings. The van der Waals surface area contributed by atoms with E-state index in [9.17, 15) is 0 Å². The Morgan fingerprint density at radius 1 is 0.225 bits per heavy atom. The highest BCUT2D eigenvalue weighted by Crippen LogP contribution is 2.64. The normalized spacial score (nSPS) is 12.6. The van der Waals surface area contributed by atoms with Gasteiger partial charge in [0.1, 0.15) is 0 Å². The minimum atomic E-state index is -0.464. The van der Waals surface area contributed by atoms with Crippen molar-refractivity contribution >= 4 is 10.8 Å². The Bertz CT molecular complexity index is 3990. The van der Waals surface area contributed by atoms with E-state index >= 15 is 0 Å². The third-order valence-electron chi connectivity index (χ3n) is 14.9. The lowest BCUT2D eigenvalue weighted by atomic mass is 9.70. The van der Waals surface area contributed by atoms with Crippen LogP contribution in [-0.4, -0.2) is 9.97 Å². The molecule has 0 saturated heterocycles. The highest BCUT2D eigenvalue weighted by molar-refractivity contribution is 6.04. The zero-order valence-electron chi connectivity index (χ0n) is 38.8. The number of rotatable bonds is 7. The molecule has 2 aliphatic carbocycles. The van der Waals surface area contributed by atoms with Gasteiger partial charge in [-0.2, -0.15) is 0 Å². The molecule has 0 bridgehead atoms. The standard InChI is InChI=1S/C69H44N2/c1-3-18-45(19-4-1)46-36-38-49(39-37-46)67-44-66(48-21-5-2-6-22-48)70-68(71-67)53-27-16-25-51(41-53)50-24-15-26-52(40-50)59-43-65-61(42-60(59)55-32-17-23-47-20-7-8-28-54(47)55)58-31-11-14-35-64(58)69(65)62-33-12-9-29-56(62)57-30-10-13-34-63(57)69/h1-44H. The highest BCUT2D eigenvalue weighted by Gasteiger charge is 2.51. The fraction of sp³-hybridized carbons (Fsp3) is 0.0145. The molecule has 11 aromatic carbocycles. The van der Waals surface area contributed by atoms with Crippen molar-refractivity contribution in [1.29, 1.82) is 0 Å². The second-order valence-corrected chi connectivity index (χ2v) is 18.8. The molecule has 0 N–H and O–H groups in total. The molecule has 71 heavy (non-hydrogen) atoms. The molecule has 0 aliphatic heterocycles. The van der Waals surface area contributed by atoms with Gasteiger partial charge in [0, 0.05) is 16.7 Å². The van der Waals surface area contributed by atoms with Crippen LogP contribution in [0.4, 0.5) is 0 Å². The topological polar surface area (TPSA) is 25.8 Å². The van der Waals surface area contributed by atoms with Crippen LogP contribution in [-0.2, 0) is 5.41 Å². The number of nitrogens with zero attached hydrogens (tertiary/aromatic N) is 2. The van der Waals surface area contributed by atoms with E-state index < -0.39 is 5.41 Å². The number of benzene rings is 11. The van der Waals surface area contributed by atoms with Gasteiger partial charge in [-0.25, -0.2) is 9.97 Å². The molecule has 0 radical (unpaired) electrons. The molecule has 0 fully saturated rings. The van der Waals surface area contributed by atoms with Crippen molar-refractivity contribution < 1.29 is 0 Å². The number of aromatic nitrogens is 2. The molecule has 2 heteroatoms. The molecule has 0 amide bonds. The summed E-state index contributed by atoms with van der Waals surface area (Å²) in [5, 5.41) is 2.46. The summed E-state index contributed by atoms with van der Waals surface area (Å²) in [4.78, 5) is 10.5. The van der Waals surface area contributed by atoms with Gasteiger partial charge < -0.3 is 0 Å². The van der Waals surface area contributed by atoms with Gasteiger partial charge in [0.05, 0.1) is 16.8 Å². The molecule has 14 rings (SSSR count). The molecule has 330 valence electrons. The average Bonchev–Trinajstić information content (AvgIpc) is 3.93. The van der Waals surface area contributed by atoms with Crippen LogP contribution in [0.5, 0.6) is 0 Å². The maximum absolute atomic E-state index is 5.28. The van der Waals surface area contributed by atoms with Gasteiger partial charge >= 0.3 is 0 Å². The summed E-state index contributed by atoms with van der Waals surface area (Å²) < 4.78 is 0. The van der Waals surface area contributed by atoms with Crippen molar-refractivity contribution in [3.05, 3.63) is 289 Å². The number of hydrogen-bond donors (Lipinski definition) is 0. The van der Waals surface area contributed by atoms with Crippen molar-refractivity contribution in [2.75, 3.05) is 0 Å². The third-order valence-corrected chi connectivity index (χ3v) is 14.9. The van der Waals surface area contributed by atoms with Gasteiger partial charge in [0.2, 0.25) is 0 Å². The van der Waals surface area contributed by atoms with Gasteiger partial charge in [-0.1, -0.05) is 237 Å². The Hall–Kier alpha value is -9.24. The van der Waals surface area contributed by atoms with Crippen LogP contribution in [0.2, 0.25) is 0 Å². The summed E-state index contributed by atoms with van der Waals surface area (Å²) in [6, 6.07) is 97.3. The van der Waals surface area contributed by atoms with Crippen LogP contribution in [0.15, 0.2) is 267 Å². The van der Waals surface area contributed by atoms with Crippen molar-refractivity contribution in [2.24, 2.45) is 0 Å². The maximum Gasteiger partial charge on any atom is 0.160 e. The fourth-order valence-electron chi connectivity index (χ4n) is 11.7. The zero-order valence-corrected chi connectivity index (χ0v) is 38.8. The van der Waals surface area contributed by atoms with Gasteiger partial charge in [0.15, 0.2) is 5.82 Å². The minimum Gasteiger partial charge on any atom is -0.228 e. The van der Waals surface area contributed by atoms with E-state index in [1.54, 1.807) is 0 Å². The van der Waals surface area contributed by atoms with E-state index in [4.69, 9.17) is 9.97 Å². The Balaban J connectivity index is 0.937. The zero-order chi connectivity index (χ0) is 46.9. The molecule has 1 heterocycles. The third kappa shape index (κ3) is 6.57. The second-order valence-electron chi connectivity index (χ2n) is 18.8. The molecule has 1 spiro atoms. The minimum absolute atomic E-state index is 0.464. The lowest BCUT2D eigenvalue weighted by Gasteiger charge is -2.31. The smallest absolute Gasteiger partial charge is 0.160 e. The van der Waals surface area contributed by atoms with Gasteiger partial charge in [-0.3, -0.25) is 0 Å². The first-order valence-electron chi connectivity index (χ1n) is 24.5. The van der Waals surface area contributed by atoms with Gasteiger partial charge in [-0.15, -0.1) is 0 Å². The van der Waals surface area contributed by atoms with E-state index in [-0.39, 0.29) is 0 Å². The first kappa shape index (κ1) is 40.8. The first-order chi connectivity index (χ1) is 35.2. The van der Waals surface area contributed by atoms with Crippen LogP contribution in [0.25, 0.3) is 111 Å². The van der Waals surface area contributed by atoms with Crippen molar-refractivity contribution in [2.45, 2.75) is 5.41 Å². The molecule has 2 nitrogen and oxygen atoms in total. The Kier molecular flexibility index (Phi) is 9.47. The van der Waals surface area contributed by atoms with Crippen molar-refractivity contribution in [1.82, 2.24) is 9.97 Å². The van der Waals surface area contributed by atoms with E-state index in [1.165, 1.54) is 83.1 Å². The molecule has 12 aromatic rings. The Labute approximate surface area is 413 Å². The largest absolute Gasteiger partial charge is 0.228 e. The summed E-state index contributed by atoms with van der Waals surface area (Å²) >= 11 is 0. The SMILES string of the molecule is c1ccc(-c2ccc(-c3cc(-c4ccccc4)nc(-c4cccc(-c5cccc(-c6cc7c(cc6-c6cccc8ccccc68)-c6ccccc6C76c7ccccc7-c7ccccc76)c5)c4)n3)cc2)cc1. The average molecular weight is 901 g/mol. The van der Waals surface area contributed by atoms with Gasteiger partial charge in [0.25, 0.3) is 0 Å². The lowest BCUT2D eigenvalue weighted by Crippen LogP contribution is -2.25. The number of fused-ring (bicyclic) bond motifs is 11. The maximum atomic E-state index is 5.28. The Morgan fingerprint density at radius 2 is 0.662 bits per heavy atom. The predicted octanol–water partition coefficient (Wildman–Crippen LogP) is 17.6. The van der Waals surface area contributed by atoms with Crippen LogP contribution < -0.4 is 0 Å². The Morgan fingerprint density at radius 3 is 1.32 bits per heavy atom. The molecule has 0 atom stereocenters. The number of hydrogen-bond acceptors (Lipinski definition) is 2. The summed E-state index contributed by atoms with van der Waals surface area (Å²) in [5.74, 6) is 0.686. The molecular weight excluding hydrogens is 857 g/mol. The van der Waals surface area contributed by atoms with Crippen molar-refractivity contribution in [3.8, 4) is 101 Å². The summed E-state index contributed by atoms with van der Waals surface area (Å²) in [6.07, 6.45) is 0. The second kappa shape index (κ2) is 16.5. The van der Waals surface area contributed by atoms with Gasteiger partial charge in [-0.05, 0) is 130 Å². The quantitative estimate of drug-likeness (QED) is 0.159. The predicted molar refractivity (Wildman–Crippen MR) is 294 cm³/mol. The molecule has 0 unspecified atom stereocenters. The van der Waals surface area contributed by atoms with Crippen LogP contribution in [0, 0.1) is 0 Å². The van der Waals surface area contributed by atoms with E-state index in [0.29, 0.717) is 5.82 Å². The first-order valence-corrected chi connectivity index (χ1v) is 24.5.